The molecular formula is C27H40N4O3S. The standard InChI is InChI=1S/C27H40N4O3S/c1-26-11-10-22(33)27(2,17-32)21(26)15-20-24(19(26)14-23(34)28-12-13-31(3)4)30-25(35-20)29-16-18-8-6-5-7-9-18/h5-9,19,21-22,32-33H,10-17H2,1-4H3,(H,28,34)(H,29,30). The molecule has 1 aromatic heterocycles. The first kappa shape index (κ1) is 26.1. The lowest BCUT2D eigenvalue weighted by Crippen LogP contribution is -2.57. The van der Waals surface area contributed by atoms with Crippen molar-refractivity contribution in [2.45, 2.75) is 58.1 Å². The molecule has 1 aromatic carbocycles. The first-order valence-electron chi connectivity index (χ1n) is 12.6. The Kier molecular flexibility index (Phi) is 7.86. The number of aliphatic hydroxyl groups excluding tert-OH is 2. The van der Waals surface area contributed by atoms with E-state index in [2.05, 4.69) is 34.6 Å². The van der Waals surface area contributed by atoms with E-state index < -0.39 is 11.5 Å². The Morgan fingerprint density at radius 1 is 1.26 bits per heavy atom. The first-order chi connectivity index (χ1) is 16.7. The molecule has 8 heteroatoms. The van der Waals surface area contributed by atoms with E-state index in [1.54, 1.807) is 11.3 Å². The van der Waals surface area contributed by atoms with Gasteiger partial charge in [-0.2, -0.15) is 0 Å². The van der Waals surface area contributed by atoms with Crippen molar-refractivity contribution in [3.63, 3.8) is 0 Å². The number of carbonyl (C=O) groups excluding carboxylic acids is 1. The molecule has 5 atom stereocenters. The van der Waals surface area contributed by atoms with E-state index in [1.807, 2.05) is 39.2 Å². The molecule has 4 N–H and O–H groups in total. The van der Waals surface area contributed by atoms with Crippen LogP contribution in [-0.4, -0.2) is 65.9 Å². The molecule has 0 spiro atoms. The molecule has 2 aliphatic rings. The predicted molar refractivity (Wildman–Crippen MR) is 141 cm³/mol. The molecule has 192 valence electrons. The third-order valence-corrected chi connectivity index (χ3v) is 9.50. The van der Waals surface area contributed by atoms with Crippen LogP contribution in [0.1, 0.15) is 55.2 Å². The highest BCUT2D eigenvalue weighted by molar-refractivity contribution is 7.15. The van der Waals surface area contributed by atoms with Crippen molar-refractivity contribution >= 4 is 22.4 Å². The van der Waals surface area contributed by atoms with E-state index in [4.69, 9.17) is 4.98 Å². The zero-order valence-corrected chi connectivity index (χ0v) is 22.2. The normalized spacial score (nSPS) is 30.0. The molecule has 2 aromatic rings. The third kappa shape index (κ3) is 5.26. The largest absolute Gasteiger partial charge is 0.396 e. The first-order valence-corrected chi connectivity index (χ1v) is 13.5. The second kappa shape index (κ2) is 10.5. The summed E-state index contributed by atoms with van der Waals surface area (Å²) in [6.07, 6.45) is 2.02. The second-order valence-electron chi connectivity index (χ2n) is 11.1. The molecule has 2 aliphatic carbocycles. The SMILES string of the molecule is CN(C)CCNC(=O)CC1c2nc(NCc3ccccc3)sc2CC2C(C)(CO)C(O)CCC12C. The maximum Gasteiger partial charge on any atom is 0.220 e. The summed E-state index contributed by atoms with van der Waals surface area (Å²) in [6, 6.07) is 10.2. The summed E-state index contributed by atoms with van der Waals surface area (Å²) in [5.74, 6) is 0.0454. The number of likely N-dealkylation sites (N-methyl/N-ethyl adjacent to an activating group) is 1. The van der Waals surface area contributed by atoms with Crippen LogP contribution in [-0.2, 0) is 17.8 Å². The minimum absolute atomic E-state index is 0.0355. The number of aliphatic hydroxyl groups is 2. The van der Waals surface area contributed by atoms with Gasteiger partial charge in [0.25, 0.3) is 0 Å². The number of rotatable bonds is 9. The number of carbonyl (C=O) groups is 1. The van der Waals surface area contributed by atoms with Crippen LogP contribution in [0.3, 0.4) is 0 Å². The second-order valence-corrected chi connectivity index (χ2v) is 12.1. The molecule has 0 radical (unpaired) electrons. The lowest BCUT2D eigenvalue weighted by atomic mass is 9.47. The monoisotopic (exact) mass is 500 g/mol. The Morgan fingerprint density at radius 3 is 2.69 bits per heavy atom. The van der Waals surface area contributed by atoms with Gasteiger partial charge in [-0.3, -0.25) is 4.79 Å². The Labute approximate surface area is 213 Å². The van der Waals surface area contributed by atoms with Crippen LogP contribution in [0.2, 0.25) is 0 Å². The molecular weight excluding hydrogens is 460 g/mol. The fourth-order valence-corrected chi connectivity index (χ4v) is 7.24. The minimum atomic E-state index is -0.605. The number of anilines is 1. The van der Waals surface area contributed by atoms with Crippen molar-refractivity contribution in [3.05, 3.63) is 46.5 Å². The number of benzene rings is 1. The van der Waals surface area contributed by atoms with Gasteiger partial charge in [0, 0.05) is 42.3 Å². The number of thiazole rings is 1. The van der Waals surface area contributed by atoms with Crippen LogP contribution in [0.15, 0.2) is 30.3 Å². The van der Waals surface area contributed by atoms with Crippen molar-refractivity contribution in [2.75, 3.05) is 39.1 Å². The molecule has 0 aliphatic heterocycles. The van der Waals surface area contributed by atoms with Crippen molar-refractivity contribution in [3.8, 4) is 0 Å². The number of aromatic nitrogens is 1. The van der Waals surface area contributed by atoms with Crippen LogP contribution >= 0.6 is 11.3 Å². The number of hydrogen-bond donors (Lipinski definition) is 4. The fourth-order valence-electron chi connectivity index (χ4n) is 6.17. The average Bonchev–Trinajstić information content (AvgIpc) is 3.25. The molecule has 0 saturated heterocycles. The van der Waals surface area contributed by atoms with Crippen LogP contribution < -0.4 is 10.6 Å². The van der Waals surface area contributed by atoms with E-state index in [0.717, 1.165) is 30.2 Å². The average molecular weight is 501 g/mol. The van der Waals surface area contributed by atoms with Gasteiger partial charge in [0.05, 0.1) is 18.4 Å². The highest BCUT2D eigenvalue weighted by Gasteiger charge is 2.59. The van der Waals surface area contributed by atoms with Crippen LogP contribution in [0, 0.1) is 16.7 Å². The molecule has 35 heavy (non-hydrogen) atoms. The summed E-state index contributed by atoms with van der Waals surface area (Å²) in [7, 11) is 3.99. The molecule has 1 heterocycles. The smallest absolute Gasteiger partial charge is 0.220 e. The molecule has 4 rings (SSSR count). The molecule has 7 nitrogen and oxygen atoms in total. The van der Waals surface area contributed by atoms with E-state index in [1.165, 1.54) is 10.4 Å². The number of nitrogens with one attached hydrogen (secondary N) is 2. The highest BCUT2D eigenvalue weighted by Crippen LogP contribution is 2.62. The van der Waals surface area contributed by atoms with Crippen LogP contribution in [0.5, 0.6) is 0 Å². The minimum Gasteiger partial charge on any atom is -0.396 e. The highest BCUT2D eigenvalue weighted by atomic mass is 32.1. The van der Waals surface area contributed by atoms with E-state index in [0.29, 0.717) is 25.9 Å². The Hall–Kier alpha value is -2.00. The molecule has 5 unspecified atom stereocenters. The van der Waals surface area contributed by atoms with Gasteiger partial charge in [-0.1, -0.05) is 44.2 Å². The molecule has 1 amide bonds. The Morgan fingerprint density at radius 2 is 2.00 bits per heavy atom. The third-order valence-electron chi connectivity index (χ3n) is 8.45. The summed E-state index contributed by atoms with van der Waals surface area (Å²) in [4.78, 5) is 21.3. The quantitative estimate of drug-likeness (QED) is 0.422. The van der Waals surface area contributed by atoms with Crippen molar-refractivity contribution < 1.29 is 15.0 Å². The summed E-state index contributed by atoms with van der Waals surface area (Å²) in [5.41, 5.74) is 1.37. The Bertz CT molecular complexity index is 1010. The van der Waals surface area contributed by atoms with Gasteiger partial charge in [-0.15, -0.1) is 11.3 Å². The lowest BCUT2D eigenvalue weighted by Gasteiger charge is -2.58. The zero-order chi connectivity index (χ0) is 25.2. The van der Waals surface area contributed by atoms with Gasteiger partial charge in [0.1, 0.15) is 0 Å². The van der Waals surface area contributed by atoms with Crippen LogP contribution in [0.4, 0.5) is 5.13 Å². The topological polar surface area (TPSA) is 97.7 Å². The van der Waals surface area contributed by atoms with E-state index in [-0.39, 0.29) is 29.8 Å². The molecule has 0 bridgehead atoms. The van der Waals surface area contributed by atoms with Gasteiger partial charge in [0.2, 0.25) is 5.91 Å². The number of hydrogen-bond acceptors (Lipinski definition) is 7. The number of fused-ring (bicyclic) bond motifs is 2. The summed E-state index contributed by atoms with van der Waals surface area (Å²) in [6.45, 7) is 6.28. The summed E-state index contributed by atoms with van der Waals surface area (Å²) < 4.78 is 0. The molecule has 1 saturated carbocycles. The number of amides is 1. The Balaban J connectivity index is 1.63. The summed E-state index contributed by atoms with van der Waals surface area (Å²) >= 11 is 1.65. The van der Waals surface area contributed by atoms with Gasteiger partial charge in [-0.25, -0.2) is 4.98 Å². The maximum atomic E-state index is 13.1. The predicted octanol–water partition coefficient (Wildman–Crippen LogP) is 3.24. The van der Waals surface area contributed by atoms with Crippen molar-refractivity contribution in [1.29, 1.82) is 0 Å². The van der Waals surface area contributed by atoms with Gasteiger partial charge in [0.15, 0.2) is 5.13 Å². The lowest BCUT2D eigenvalue weighted by molar-refractivity contribution is -0.144. The molecule has 1 fully saturated rings. The van der Waals surface area contributed by atoms with Gasteiger partial charge < -0.3 is 25.7 Å². The van der Waals surface area contributed by atoms with Gasteiger partial charge in [-0.05, 0) is 50.3 Å². The maximum absolute atomic E-state index is 13.1. The number of nitrogens with zero attached hydrogens (tertiary/aromatic N) is 2. The zero-order valence-electron chi connectivity index (χ0n) is 21.4. The van der Waals surface area contributed by atoms with Gasteiger partial charge >= 0.3 is 0 Å². The van der Waals surface area contributed by atoms with Crippen LogP contribution in [0.25, 0.3) is 0 Å². The van der Waals surface area contributed by atoms with Crippen molar-refractivity contribution in [1.82, 2.24) is 15.2 Å². The van der Waals surface area contributed by atoms with Crippen molar-refractivity contribution in [2.24, 2.45) is 16.7 Å². The van der Waals surface area contributed by atoms with E-state index in [9.17, 15) is 15.0 Å². The van der Waals surface area contributed by atoms with E-state index >= 15 is 0 Å². The summed E-state index contributed by atoms with van der Waals surface area (Å²) in [5, 5.41) is 28.7. The fraction of sp³-hybridized carbons (Fsp3) is 0.630.